The van der Waals surface area contributed by atoms with Crippen molar-refractivity contribution in [3.05, 3.63) is 97.6 Å². The molecule has 0 aliphatic rings. The maximum atomic E-state index is 4.64. The number of unbranched alkanes of at least 4 members (excludes halogenated alkanes) is 1. The Bertz CT molecular complexity index is 838. The maximum absolute atomic E-state index is 4.64. The van der Waals surface area contributed by atoms with Crippen LogP contribution in [0.25, 0.3) is 0 Å². The lowest BCUT2D eigenvalue weighted by atomic mass is 10.4. The van der Waals surface area contributed by atoms with E-state index >= 15 is 0 Å². The van der Waals surface area contributed by atoms with Crippen LogP contribution in [0.5, 0.6) is 0 Å². The predicted octanol–water partition coefficient (Wildman–Crippen LogP) is 3.61. The van der Waals surface area contributed by atoms with E-state index in [0.29, 0.717) is 0 Å². The predicted molar refractivity (Wildman–Crippen MR) is 128 cm³/mol. The summed E-state index contributed by atoms with van der Waals surface area (Å²) in [5, 5.41) is 0. The zero-order valence-corrected chi connectivity index (χ0v) is 18.5. The fourth-order valence-electron chi connectivity index (χ4n) is 3.29. The molecular weight excluding hydrogens is 406 g/mol. The van der Waals surface area contributed by atoms with Crippen molar-refractivity contribution in [3.8, 4) is 0 Å². The first-order chi connectivity index (χ1) is 14.9. The van der Waals surface area contributed by atoms with Gasteiger partial charge in [-0.05, 0) is 89.5 Å². The molecule has 0 unspecified atom stereocenters. The van der Waals surface area contributed by atoms with Crippen LogP contribution in [-0.4, -0.2) is 32.3 Å². The number of nitrogens with zero attached hydrogens (tertiary/aromatic N) is 4. The molecule has 0 aromatic carbocycles. The van der Waals surface area contributed by atoms with Crippen molar-refractivity contribution in [2.24, 2.45) is 0 Å². The van der Waals surface area contributed by atoms with Crippen LogP contribution in [-0.2, 0) is 0 Å². The third-order valence-corrected chi connectivity index (χ3v) is 9.51. The molecule has 4 rings (SSSR count). The Morgan fingerprint density at radius 2 is 0.733 bits per heavy atom. The second-order valence-electron chi connectivity index (χ2n) is 6.76. The highest BCUT2D eigenvalue weighted by Crippen LogP contribution is 2.36. The van der Waals surface area contributed by atoms with Gasteiger partial charge in [-0.2, -0.15) is 0 Å². The summed E-state index contributed by atoms with van der Waals surface area (Å²) in [6.45, 7) is 0. The Labute approximate surface area is 180 Å². The maximum Gasteiger partial charge on any atom is 0.0692 e. The molecule has 0 N–H and O–H groups in total. The first-order valence-electron chi connectivity index (χ1n) is 10.1. The van der Waals surface area contributed by atoms with Crippen molar-refractivity contribution in [1.29, 1.82) is 0 Å². The fourth-order valence-corrected chi connectivity index (χ4v) is 7.64. The van der Waals surface area contributed by atoms with E-state index in [-0.39, 0.29) is 0 Å². The fraction of sp³-hybridized carbons (Fsp3) is 0.167. The summed E-state index contributed by atoms with van der Waals surface area (Å²) < 4.78 is 0. The summed E-state index contributed by atoms with van der Waals surface area (Å²) in [6, 6.07) is 24.7. The molecule has 4 heterocycles. The van der Waals surface area contributed by atoms with E-state index in [9.17, 15) is 0 Å². The average Bonchev–Trinajstić information content (AvgIpc) is 2.84. The van der Waals surface area contributed by atoms with Crippen molar-refractivity contribution >= 4 is 37.6 Å². The molecule has 0 spiro atoms. The van der Waals surface area contributed by atoms with Crippen molar-refractivity contribution in [3.63, 3.8) is 0 Å². The van der Waals surface area contributed by atoms with E-state index in [1.54, 1.807) is 0 Å². The van der Waals surface area contributed by atoms with Crippen LogP contribution in [0, 0.1) is 0 Å². The SMILES string of the molecule is c1ccc(P(CCCCP(c2ccccn2)c2ccccn2)c2ccccn2)nc1. The average molecular weight is 430 g/mol. The molecule has 0 saturated carbocycles. The summed E-state index contributed by atoms with van der Waals surface area (Å²) >= 11 is 0. The molecule has 0 amide bonds. The minimum atomic E-state index is -0.537. The second kappa shape index (κ2) is 11.0. The zero-order chi connectivity index (χ0) is 20.4. The lowest BCUT2D eigenvalue weighted by Crippen LogP contribution is -2.20. The lowest BCUT2D eigenvalue weighted by molar-refractivity contribution is 0.900. The highest BCUT2D eigenvalue weighted by molar-refractivity contribution is 7.73. The quantitative estimate of drug-likeness (QED) is 0.301. The summed E-state index contributed by atoms with van der Waals surface area (Å²) in [5.41, 5.74) is 4.62. The molecule has 0 bridgehead atoms. The first kappa shape index (κ1) is 20.7. The molecule has 0 radical (unpaired) electrons. The summed E-state index contributed by atoms with van der Waals surface area (Å²) in [6.07, 6.45) is 12.0. The second-order valence-corrected chi connectivity index (χ2v) is 11.2. The topological polar surface area (TPSA) is 51.6 Å². The number of rotatable bonds is 9. The smallest absolute Gasteiger partial charge is 0.0692 e. The molecule has 6 heteroatoms. The Hall–Kier alpha value is -2.54. The number of hydrogen-bond acceptors (Lipinski definition) is 4. The van der Waals surface area contributed by atoms with Gasteiger partial charge < -0.3 is 0 Å². The summed E-state index contributed by atoms with van der Waals surface area (Å²) in [7, 11) is -1.07. The van der Waals surface area contributed by atoms with E-state index < -0.39 is 15.8 Å². The van der Waals surface area contributed by atoms with Crippen LogP contribution in [0.15, 0.2) is 97.6 Å². The van der Waals surface area contributed by atoms with E-state index in [2.05, 4.69) is 68.5 Å². The number of aromatic nitrogens is 4. The van der Waals surface area contributed by atoms with Gasteiger partial charge in [-0.1, -0.05) is 24.3 Å². The Morgan fingerprint density at radius 3 is 0.967 bits per heavy atom. The van der Waals surface area contributed by atoms with Crippen molar-refractivity contribution in [1.82, 2.24) is 19.9 Å². The highest BCUT2D eigenvalue weighted by atomic mass is 31.1. The van der Waals surface area contributed by atoms with Gasteiger partial charge in [-0.15, -0.1) is 0 Å². The Balaban J connectivity index is 1.45. The van der Waals surface area contributed by atoms with Gasteiger partial charge in [-0.25, -0.2) is 0 Å². The molecule has 0 aliphatic carbocycles. The number of pyridine rings is 4. The van der Waals surface area contributed by atoms with Gasteiger partial charge in [0.05, 0.1) is 21.7 Å². The van der Waals surface area contributed by atoms with Crippen molar-refractivity contribution < 1.29 is 0 Å². The van der Waals surface area contributed by atoms with Crippen molar-refractivity contribution in [2.75, 3.05) is 12.3 Å². The minimum Gasteiger partial charge on any atom is -0.256 e. The van der Waals surface area contributed by atoms with Crippen LogP contribution in [0.2, 0.25) is 0 Å². The lowest BCUT2D eigenvalue weighted by Gasteiger charge is -2.18. The van der Waals surface area contributed by atoms with Crippen LogP contribution in [0.4, 0.5) is 0 Å². The van der Waals surface area contributed by atoms with Gasteiger partial charge in [-0.3, -0.25) is 19.9 Å². The van der Waals surface area contributed by atoms with Crippen LogP contribution < -0.4 is 21.7 Å². The normalized spacial score (nSPS) is 11.1. The van der Waals surface area contributed by atoms with Gasteiger partial charge in [0.15, 0.2) is 0 Å². The largest absolute Gasteiger partial charge is 0.256 e. The molecule has 4 aromatic heterocycles. The van der Waals surface area contributed by atoms with E-state index in [0.717, 1.165) is 46.9 Å². The molecule has 4 aromatic rings. The van der Waals surface area contributed by atoms with Gasteiger partial charge in [0.2, 0.25) is 0 Å². The third kappa shape index (κ3) is 5.53. The molecule has 0 fully saturated rings. The molecule has 30 heavy (non-hydrogen) atoms. The van der Waals surface area contributed by atoms with Crippen LogP contribution in [0.1, 0.15) is 12.8 Å². The molecule has 0 saturated heterocycles. The van der Waals surface area contributed by atoms with E-state index in [1.165, 1.54) is 0 Å². The summed E-state index contributed by atoms with van der Waals surface area (Å²) in [4.78, 5) is 18.5. The molecule has 4 nitrogen and oxygen atoms in total. The highest BCUT2D eigenvalue weighted by Gasteiger charge is 2.18. The monoisotopic (exact) mass is 430 g/mol. The zero-order valence-electron chi connectivity index (χ0n) is 16.7. The molecule has 0 aliphatic heterocycles. The van der Waals surface area contributed by atoms with Gasteiger partial charge in [0.1, 0.15) is 0 Å². The van der Waals surface area contributed by atoms with E-state index in [1.807, 2.05) is 49.1 Å². The van der Waals surface area contributed by atoms with Crippen molar-refractivity contribution in [2.45, 2.75) is 12.8 Å². The van der Waals surface area contributed by atoms with Crippen LogP contribution in [0.3, 0.4) is 0 Å². The third-order valence-electron chi connectivity index (χ3n) is 4.72. The minimum absolute atomic E-state index is 0.537. The molecule has 0 atom stereocenters. The molecular formula is C24H24N4P2. The Morgan fingerprint density at radius 1 is 0.433 bits per heavy atom. The van der Waals surface area contributed by atoms with Gasteiger partial charge in [0, 0.05) is 24.8 Å². The van der Waals surface area contributed by atoms with Gasteiger partial charge in [0.25, 0.3) is 0 Å². The first-order valence-corrected chi connectivity index (χ1v) is 13.2. The van der Waals surface area contributed by atoms with Gasteiger partial charge >= 0.3 is 0 Å². The Kier molecular flexibility index (Phi) is 7.61. The number of hydrogen-bond donors (Lipinski definition) is 0. The summed E-state index contributed by atoms with van der Waals surface area (Å²) in [5.74, 6) is 0. The molecule has 150 valence electrons. The standard InChI is InChI=1S/C24H24N4P2/c1-5-15-25-21(11-1)29(22-12-2-6-16-26-22)19-9-10-20-30(23-13-3-7-17-27-23)24-14-4-8-18-28-24/h1-8,11-18H,9-10,19-20H2. The van der Waals surface area contributed by atoms with E-state index in [4.69, 9.17) is 0 Å². The van der Waals surface area contributed by atoms with Crippen LogP contribution >= 0.6 is 15.8 Å².